The first kappa shape index (κ1) is 16.6. The van der Waals surface area contributed by atoms with Gasteiger partial charge in [0.15, 0.2) is 0 Å². The standard InChI is InChI=1S/C16H15Br2F2N/c1-2-7-21-16(10-5-3-4-6-12(10)17)11-8-15(20)13(18)9-14(11)19/h3-6,8-9,16,21H,2,7H2,1H3. The molecule has 0 aliphatic rings. The van der Waals surface area contributed by atoms with Gasteiger partial charge in [0, 0.05) is 10.0 Å². The number of hydrogen-bond donors (Lipinski definition) is 1. The fourth-order valence-electron chi connectivity index (χ4n) is 2.14. The summed E-state index contributed by atoms with van der Waals surface area (Å²) < 4.78 is 29.1. The Morgan fingerprint density at radius 2 is 1.71 bits per heavy atom. The lowest BCUT2D eigenvalue weighted by Gasteiger charge is -2.21. The highest BCUT2D eigenvalue weighted by Crippen LogP contribution is 2.32. The lowest BCUT2D eigenvalue weighted by molar-refractivity contribution is 0.532. The summed E-state index contributed by atoms with van der Waals surface area (Å²) in [5, 5.41) is 3.28. The van der Waals surface area contributed by atoms with Crippen molar-refractivity contribution in [2.45, 2.75) is 19.4 Å². The van der Waals surface area contributed by atoms with Gasteiger partial charge in [-0.25, -0.2) is 8.78 Å². The summed E-state index contributed by atoms with van der Waals surface area (Å²) in [6.45, 7) is 2.74. The Labute approximate surface area is 140 Å². The zero-order valence-corrected chi connectivity index (χ0v) is 14.6. The number of rotatable bonds is 5. The average molecular weight is 419 g/mol. The molecule has 0 radical (unpaired) electrons. The molecule has 2 aromatic carbocycles. The highest BCUT2D eigenvalue weighted by Gasteiger charge is 2.21. The van der Waals surface area contributed by atoms with Crippen LogP contribution in [0.25, 0.3) is 0 Å². The van der Waals surface area contributed by atoms with E-state index in [0.29, 0.717) is 12.1 Å². The molecule has 112 valence electrons. The molecule has 0 heterocycles. The number of benzene rings is 2. The summed E-state index contributed by atoms with van der Waals surface area (Å²) in [7, 11) is 0. The quantitative estimate of drug-likeness (QED) is 0.625. The second-order valence-electron chi connectivity index (χ2n) is 4.70. The van der Waals surface area contributed by atoms with Gasteiger partial charge in [0.2, 0.25) is 0 Å². The minimum Gasteiger partial charge on any atom is -0.306 e. The highest BCUT2D eigenvalue weighted by atomic mass is 79.9. The first-order valence-electron chi connectivity index (χ1n) is 6.66. The molecule has 2 rings (SSSR count). The molecular formula is C16H15Br2F2N. The lowest BCUT2D eigenvalue weighted by Crippen LogP contribution is -2.24. The van der Waals surface area contributed by atoms with E-state index in [9.17, 15) is 8.78 Å². The molecule has 0 bridgehead atoms. The molecule has 0 saturated carbocycles. The van der Waals surface area contributed by atoms with E-state index in [2.05, 4.69) is 37.2 Å². The van der Waals surface area contributed by atoms with Crippen LogP contribution in [0.15, 0.2) is 45.3 Å². The monoisotopic (exact) mass is 417 g/mol. The first-order chi connectivity index (χ1) is 10.0. The zero-order valence-electron chi connectivity index (χ0n) is 11.5. The van der Waals surface area contributed by atoms with Crippen molar-refractivity contribution >= 4 is 31.9 Å². The molecule has 1 atom stereocenters. The fraction of sp³-hybridized carbons (Fsp3) is 0.250. The molecule has 1 N–H and O–H groups in total. The van der Waals surface area contributed by atoms with Crippen molar-refractivity contribution in [1.29, 1.82) is 0 Å². The minimum atomic E-state index is -0.471. The largest absolute Gasteiger partial charge is 0.306 e. The van der Waals surface area contributed by atoms with Crippen LogP contribution in [-0.2, 0) is 0 Å². The van der Waals surface area contributed by atoms with Gasteiger partial charge < -0.3 is 5.32 Å². The Morgan fingerprint density at radius 3 is 2.38 bits per heavy atom. The summed E-state index contributed by atoms with van der Waals surface area (Å²) >= 11 is 6.49. The third kappa shape index (κ3) is 3.90. The number of hydrogen-bond acceptors (Lipinski definition) is 1. The van der Waals surface area contributed by atoms with Gasteiger partial charge in [-0.3, -0.25) is 0 Å². The second-order valence-corrected chi connectivity index (χ2v) is 6.41. The maximum absolute atomic E-state index is 14.3. The van der Waals surface area contributed by atoms with E-state index >= 15 is 0 Å². The Balaban J connectivity index is 2.51. The van der Waals surface area contributed by atoms with Crippen molar-refractivity contribution in [1.82, 2.24) is 5.32 Å². The van der Waals surface area contributed by atoms with Crippen molar-refractivity contribution in [2.75, 3.05) is 6.54 Å². The van der Waals surface area contributed by atoms with Crippen molar-refractivity contribution in [2.24, 2.45) is 0 Å². The van der Waals surface area contributed by atoms with Gasteiger partial charge in [-0.1, -0.05) is 41.1 Å². The van der Waals surface area contributed by atoms with Crippen LogP contribution in [-0.4, -0.2) is 6.54 Å². The summed E-state index contributed by atoms with van der Waals surface area (Å²) in [6.07, 6.45) is 0.904. The lowest BCUT2D eigenvalue weighted by atomic mass is 9.98. The van der Waals surface area contributed by atoms with E-state index in [4.69, 9.17) is 0 Å². The minimum absolute atomic E-state index is 0.130. The molecule has 0 saturated heterocycles. The molecule has 1 unspecified atom stereocenters. The Bertz CT molecular complexity index is 632. The van der Waals surface area contributed by atoms with Gasteiger partial charge in [-0.2, -0.15) is 0 Å². The Hall–Kier alpha value is -0.780. The normalized spacial score (nSPS) is 12.4. The number of nitrogens with one attached hydrogen (secondary N) is 1. The van der Waals surface area contributed by atoms with Crippen LogP contribution in [0.5, 0.6) is 0 Å². The van der Waals surface area contributed by atoms with Crippen LogP contribution in [0.1, 0.15) is 30.5 Å². The van der Waals surface area contributed by atoms with E-state index in [0.717, 1.165) is 16.5 Å². The molecule has 0 aliphatic heterocycles. The zero-order chi connectivity index (χ0) is 15.4. The summed E-state index contributed by atoms with van der Waals surface area (Å²) in [4.78, 5) is 0. The van der Waals surface area contributed by atoms with Crippen LogP contribution in [0, 0.1) is 11.6 Å². The summed E-state index contributed by atoms with van der Waals surface area (Å²) in [5.41, 5.74) is 1.18. The molecule has 0 spiro atoms. The van der Waals surface area contributed by atoms with Crippen molar-refractivity contribution < 1.29 is 8.78 Å². The highest BCUT2D eigenvalue weighted by molar-refractivity contribution is 9.10. The predicted octanol–water partition coefficient (Wildman–Crippen LogP) is 5.58. The summed E-state index contributed by atoms with van der Waals surface area (Å²) in [5.74, 6) is -0.908. The van der Waals surface area contributed by atoms with Gasteiger partial charge in [0.1, 0.15) is 11.6 Å². The van der Waals surface area contributed by atoms with Crippen LogP contribution in [0.2, 0.25) is 0 Å². The molecule has 0 amide bonds. The van der Waals surface area contributed by atoms with Gasteiger partial charge in [0.05, 0.1) is 10.5 Å². The van der Waals surface area contributed by atoms with E-state index in [-0.39, 0.29) is 4.47 Å². The van der Waals surface area contributed by atoms with Gasteiger partial charge in [-0.05, 0) is 52.7 Å². The fourth-order valence-corrected chi connectivity index (χ4v) is 2.97. The maximum atomic E-state index is 14.3. The molecule has 0 fully saturated rings. The van der Waals surface area contributed by atoms with Gasteiger partial charge in [0.25, 0.3) is 0 Å². The van der Waals surface area contributed by atoms with Crippen LogP contribution in [0.3, 0.4) is 0 Å². The van der Waals surface area contributed by atoms with Crippen LogP contribution in [0.4, 0.5) is 8.78 Å². The molecule has 0 aromatic heterocycles. The van der Waals surface area contributed by atoms with Crippen LogP contribution >= 0.6 is 31.9 Å². The molecule has 1 nitrogen and oxygen atoms in total. The molecule has 2 aromatic rings. The molecular weight excluding hydrogens is 404 g/mol. The number of halogens is 4. The Kier molecular flexibility index (Phi) is 5.90. The van der Waals surface area contributed by atoms with Gasteiger partial charge >= 0.3 is 0 Å². The third-order valence-corrected chi connectivity index (χ3v) is 4.50. The van der Waals surface area contributed by atoms with Crippen molar-refractivity contribution in [3.63, 3.8) is 0 Å². The van der Waals surface area contributed by atoms with Crippen molar-refractivity contribution in [3.05, 3.63) is 68.1 Å². The van der Waals surface area contributed by atoms with Crippen LogP contribution < -0.4 is 5.32 Å². The molecule has 21 heavy (non-hydrogen) atoms. The first-order valence-corrected chi connectivity index (χ1v) is 8.25. The van der Waals surface area contributed by atoms with Gasteiger partial charge in [-0.15, -0.1) is 0 Å². The summed E-state index contributed by atoms with van der Waals surface area (Å²) in [6, 6.07) is 9.58. The van der Waals surface area contributed by atoms with E-state index in [1.54, 1.807) is 0 Å². The Morgan fingerprint density at radius 1 is 1.00 bits per heavy atom. The maximum Gasteiger partial charge on any atom is 0.137 e. The predicted molar refractivity (Wildman–Crippen MR) is 88.3 cm³/mol. The topological polar surface area (TPSA) is 12.0 Å². The smallest absolute Gasteiger partial charge is 0.137 e. The van der Waals surface area contributed by atoms with E-state index in [1.807, 2.05) is 31.2 Å². The molecule has 5 heteroatoms. The SMILES string of the molecule is CCCNC(c1cc(F)c(Br)cc1F)c1ccccc1Br. The third-order valence-electron chi connectivity index (χ3n) is 3.17. The second kappa shape index (κ2) is 7.47. The average Bonchev–Trinajstić information content (AvgIpc) is 2.46. The van der Waals surface area contributed by atoms with E-state index in [1.165, 1.54) is 12.1 Å². The van der Waals surface area contributed by atoms with E-state index < -0.39 is 17.7 Å². The molecule has 0 aliphatic carbocycles. The van der Waals surface area contributed by atoms with Crippen molar-refractivity contribution in [3.8, 4) is 0 Å².